The fourth-order valence-corrected chi connectivity index (χ4v) is 6.57. The van der Waals surface area contributed by atoms with Crippen molar-refractivity contribution in [1.82, 2.24) is 0 Å². The number of allylic oxidation sites excluding steroid dienone is 2. The van der Waals surface area contributed by atoms with Gasteiger partial charge in [-0.1, -0.05) is 59.1 Å². The van der Waals surface area contributed by atoms with Crippen LogP contribution in [0.4, 0.5) is 11.4 Å². The van der Waals surface area contributed by atoms with Crippen LogP contribution in [0.25, 0.3) is 0 Å². The summed E-state index contributed by atoms with van der Waals surface area (Å²) in [5, 5.41) is 4.44. The Bertz CT molecular complexity index is 1360. The van der Waals surface area contributed by atoms with E-state index >= 15 is 0 Å². The number of anilines is 2. The Labute approximate surface area is 204 Å². The third-order valence-corrected chi connectivity index (χ3v) is 8.34. The monoisotopic (exact) mass is 498 g/mol. The van der Waals surface area contributed by atoms with Crippen molar-refractivity contribution in [2.45, 2.75) is 37.1 Å². The first-order valence-corrected chi connectivity index (χ1v) is 13.1. The fraction of sp³-hybridized carbons (Fsp3) is 0.231. The lowest BCUT2D eigenvalue weighted by molar-refractivity contribution is 0.424. The second kappa shape index (κ2) is 8.39. The van der Waals surface area contributed by atoms with Gasteiger partial charge in [0.05, 0.1) is 16.6 Å². The lowest BCUT2D eigenvalue weighted by atomic mass is 9.76. The van der Waals surface area contributed by atoms with Gasteiger partial charge < -0.3 is 5.32 Å². The molecule has 0 bridgehead atoms. The Balaban J connectivity index is 1.51. The molecule has 0 amide bonds. The van der Waals surface area contributed by atoms with Crippen molar-refractivity contribution >= 4 is 44.6 Å². The molecule has 7 heteroatoms. The largest absolute Gasteiger partial charge is 0.378 e. The van der Waals surface area contributed by atoms with Crippen LogP contribution in [0.5, 0.6) is 0 Å². The van der Waals surface area contributed by atoms with Crippen molar-refractivity contribution in [2.75, 3.05) is 10.0 Å². The molecule has 0 spiro atoms. The van der Waals surface area contributed by atoms with Crippen molar-refractivity contribution in [3.63, 3.8) is 0 Å². The van der Waals surface area contributed by atoms with Crippen LogP contribution in [0.15, 0.2) is 71.6 Å². The first-order chi connectivity index (χ1) is 15.7. The number of rotatable bonds is 4. The third-order valence-electron chi connectivity index (χ3n) is 6.53. The van der Waals surface area contributed by atoms with Crippen molar-refractivity contribution < 1.29 is 8.42 Å². The molecule has 1 aliphatic heterocycles. The standard InChI is InChI=1S/C26H24Cl2N2O2S/c1-15-6-7-16(2)23(10-15)26-22-5-3-4-21(22)24-14-20(8-9-25(24)29-26)33(31,32)30-19-12-17(27)11-18(28)13-19/h3-4,6-14,21-22,26,29-30H,5H2,1-2H3/t21-,22+,26-/m0/s1. The smallest absolute Gasteiger partial charge is 0.261 e. The molecular formula is C26H24Cl2N2O2S. The number of hydrogen-bond donors (Lipinski definition) is 2. The number of aryl methyl sites for hydroxylation is 2. The quantitative estimate of drug-likeness (QED) is 0.372. The van der Waals surface area contributed by atoms with E-state index in [1.54, 1.807) is 18.2 Å². The molecule has 2 aliphatic rings. The van der Waals surface area contributed by atoms with Gasteiger partial charge in [0, 0.05) is 21.7 Å². The lowest BCUT2D eigenvalue weighted by Crippen LogP contribution is -2.30. The summed E-state index contributed by atoms with van der Waals surface area (Å²) < 4.78 is 28.9. The second-order valence-corrected chi connectivity index (χ2v) is 11.4. The molecule has 0 saturated heterocycles. The van der Waals surface area contributed by atoms with E-state index in [2.05, 4.69) is 54.2 Å². The molecular weight excluding hydrogens is 475 g/mol. The molecule has 0 unspecified atom stereocenters. The first-order valence-electron chi connectivity index (χ1n) is 10.8. The maximum Gasteiger partial charge on any atom is 0.261 e. The summed E-state index contributed by atoms with van der Waals surface area (Å²) in [6.07, 6.45) is 5.37. The molecule has 3 atom stereocenters. The van der Waals surface area contributed by atoms with Gasteiger partial charge in [0.15, 0.2) is 0 Å². The predicted octanol–water partition coefficient (Wildman–Crippen LogP) is 7.24. The lowest BCUT2D eigenvalue weighted by Gasteiger charge is -2.38. The van der Waals surface area contributed by atoms with Crippen LogP contribution in [0.2, 0.25) is 10.0 Å². The molecule has 0 radical (unpaired) electrons. The minimum atomic E-state index is -3.81. The molecule has 5 rings (SSSR count). The van der Waals surface area contributed by atoms with Gasteiger partial charge in [0.1, 0.15) is 0 Å². The van der Waals surface area contributed by atoms with Gasteiger partial charge in [-0.3, -0.25) is 4.72 Å². The molecule has 33 heavy (non-hydrogen) atoms. The molecule has 1 aliphatic carbocycles. The number of hydrogen-bond acceptors (Lipinski definition) is 3. The number of halogens is 2. The average molecular weight is 499 g/mol. The zero-order valence-corrected chi connectivity index (χ0v) is 20.6. The van der Waals surface area contributed by atoms with Crippen LogP contribution >= 0.6 is 23.2 Å². The Kier molecular flexibility index (Phi) is 5.68. The van der Waals surface area contributed by atoms with Gasteiger partial charge in [-0.05, 0) is 79.3 Å². The highest BCUT2D eigenvalue weighted by Gasteiger charge is 2.39. The van der Waals surface area contributed by atoms with E-state index in [0.29, 0.717) is 21.7 Å². The van der Waals surface area contributed by atoms with Crippen LogP contribution in [0, 0.1) is 19.8 Å². The minimum Gasteiger partial charge on any atom is -0.378 e. The molecule has 2 N–H and O–H groups in total. The molecule has 4 nitrogen and oxygen atoms in total. The molecule has 1 heterocycles. The van der Waals surface area contributed by atoms with Gasteiger partial charge >= 0.3 is 0 Å². The van der Waals surface area contributed by atoms with Crippen molar-refractivity contribution in [3.05, 3.63) is 99.0 Å². The molecule has 0 aromatic heterocycles. The topological polar surface area (TPSA) is 58.2 Å². The normalized spacial score (nSPS) is 21.3. The summed E-state index contributed by atoms with van der Waals surface area (Å²) in [5.41, 5.74) is 6.10. The van der Waals surface area contributed by atoms with Crippen LogP contribution in [-0.4, -0.2) is 8.42 Å². The molecule has 0 fully saturated rings. The third kappa shape index (κ3) is 4.25. The molecule has 0 saturated carbocycles. The summed E-state index contributed by atoms with van der Waals surface area (Å²) in [7, 11) is -3.81. The highest BCUT2D eigenvalue weighted by atomic mass is 35.5. The maximum atomic E-state index is 13.1. The van der Waals surface area contributed by atoms with Crippen LogP contribution in [0.3, 0.4) is 0 Å². The molecule has 3 aromatic carbocycles. The van der Waals surface area contributed by atoms with E-state index in [1.165, 1.54) is 28.8 Å². The zero-order valence-electron chi connectivity index (χ0n) is 18.3. The minimum absolute atomic E-state index is 0.155. The van der Waals surface area contributed by atoms with Crippen LogP contribution in [0.1, 0.15) is 40.6 Å². The van der Waals surface area contributed by atoms with Crippen molar-refractivity contribution in [2.24, 2.45) is 5.92 Å². The summed E-state index contributed by atoms with van der Waals surface area (Å²) in [5.74, 6) is 0.484. The maximum absolute atomic E-state index is 13.1. The number of benzene rings is 3. The summed E-state index contributed by atoms with van der Waals surface area (Å²) in [6.45, 7) is 4.26. The SMILES string of the molecule is Cc1ccc(C)c([C@H]2Nc3ccc(S(=O)(=O)Nc4cc(Cl)cc(Cl)c4)cc3[C@H]3C=CC[C@H]32)c1. The van der Waals surface area contributed by atoms with Crippen LogP contribution < -0.4 is 10.0 Å². The second-order valence-electron chi connectivity index (χ2n) is 8.85. The Hall–Kier alpha value is -2.47. The zero-order chi connectivity index (χ0) is 23.3. The number of nitrogens with one attached hydrogen (secondary N) is 2. The van der Waals surface area contributed by atoms with E-state index in [0.717, 1.165) is 17.7 Å². The molecule has 170 valence electrons. The summed E-state index contributed by atoms with van der Waals surface area (Å²) in [4.78, 5) is 0.211. The Morgan fingerprint density at radius 3 is 2.45 bits per heavy atom. The van der Waals surface area contributed by atoms with Crippen LogP contribution in [-0.2, 0) is 10.0 Å². The van der Waals surface area contributed by atoms with Gasteiger partial charge in [0.2, 0.25) is 0 Å². The van der Waals surface area contributed by atoms with E-state index < -0.39 is 10.0 Å². The Morgan fingerprint density at radius 1 is 0.939 bits per heavy atom. The van der Waals surface area contributed by atoms with E-state index in [4.69, 9.17) is 23.2 Å². The van der Waals surface area contributed by atoms with E-state index in [9.17, 15) is 8.42 Å². The van der Waals surface area contributed by atoms with E-state index in [1.807, 2.05) is 6.07 Å². The summed E-state index contributed by atoms with van der Waals surface area (Å²) >= 11 is 12.1. The predicted molar refractivity (Wildman–Crippen MR) is 136 cm³/mol. The van der Waals surface area contributed by atoms with Gasteiger partial charge in [-0.2, -0.15) is 0 Å². The summed E-state index contributed by atoms with van der Waals surface area (Å²) in [6, 6.07) is 16.7. The van der Waals surface area contributed by atoms with Gasteiger partial charge in [-0.25, -0.2) is 8.42 Å². The highest BCUT2D eigenvalue weighted by molar-refractivity contribution is 7.92. The highest BCUT2D eigenvalue weighted by Crippen LogP contribution is 2.50. The Morgan fingerprint density at radius 2 is 1.70 bits per heavy atom. The number of fused-ring (bicyclic) bond motifs is 3. The number of sulfonamides is 1. The van der Waals surface area contributed by atoms with E-state index in [-0.39, 0.29) is 16.9 Å². The van der Waals surface area contributed by atoms with Crippen molar-refractivity contribution in [1.29, 1.82) is 0 Å². The first kappa shape index (κ1) is 22.3. The van der Waals surface area contributed by atoms with Gasteiger partial charge in [-0.15, -0.1) is 0 Å². The average Bonchev–Trinajstić information content (AvgIpc) is 3.24. The van der Waals surface area contributed by atoms with Gasteiger partial charge in [0.25, 0.3) is 10.0 Å². The van der Waals surface area contributed by atoms with Crippen molar-refractivity contribution in [3.8, 4) is 0 Å². The fourth-order valence-electron chi connectivity index (χ4n) is 4.97. The molecule has 3 aromatic rings.